The SMILES string of the molecule is COC[C@H]1CC[C@@H](COC)N1[C@H]1C[C@@H](CO[C@H]2CC[C@H](C(=O)O)CC2)N(C(=O)Cc2cc(Cl)c(NC(=O)c3cn(C)c4ccccc34)cc2F)C1. The number of hydrogen-bond donors (Lipinski definition) is 2. The molecule has 2 saturated heterocycles. The molecule has 0 bridgehead atoms. The highest BCUT2D eigenvalue weighted by Gasteiger charge is 2.45. The minimum absolute atomic E-state index is 0.0354. The molecule has 0 radical (unpaired) electrons. The van der Waals surface area contributed by atoms with Crippen LogP contribution in [-0.2, 0) is 37.3 Å². The number of carbonyl (C=O) groups is 3. The van der Waals surface area contributed by atoms with Gasteiger partial charge in [0.1, 0.15) is 5.82 Å². The molecule has 13 heteroatoms. The number of hydrogen-bond acceptors (Lipinski definition) is 7. The van der Waals surface area contributed by atoms with E-state index in [-0.39, 0.29) is 64.8 Å². The van der Waals surface area contributed by atoms with Gasteiger partial charge in [0.25, 0.3) is 5.91 Å². The number of methoxy groups -OCH3 is 2. The van der Waals surface area contributed by atoms with Crippen molar-refractivity contribution in [2.75, 3.05) is 45.9 Å². The quantitative estimate of drug-likeness (QED) is 0.236. The van der Waals surface area contributed by atoms with E-state index in [0.29, 0.717) is 64.0 Å². The predicted molar refractivity (Wildman–Crippen MR) is 192 cm³/mol. The topological polar surface area (TPSA) is 123 Å². The number of benzene rings is 2. The molecule has 276 valence electrons. The predicted octanol–water partition coefficient (Wildman–Crippen LogP) is 5.52. The maximum atomic E-state index is 15.7. The third-order valence-electron chi connectivity index (χ3n) is 10.9. The van der Waals surface area contributed by atoms with Crippen molar-refractivity contribution in [2.45, 2.75) is 81.6 Å². The molecule has 3 aliphatic rings. The number of rotatable bonds is 13. The van der Waals surface area contributed by atoms with Gasteiger partial charge in [0, 0.05) is 63.0 Å². The summed E-state index contributed by atoms with van der Waals surface area (Å²) in [6.45, 7) is 1.91. The highest BCUT2D eigenvalue weighted by atomic mass is 35.5. The van der Waals surface area contributed by atoms with Crippen LogP contribution < -0.4 is 5.32 Å². The van der Waals surface area contributed by atoms with Crippen molar-refractivity contribution in [3.05, 3.63) is 64.6 Å². The van der Waals surface area contributed by atoms with Crippen molar-refractivity contribution in [1.29, 1.82) is 0 Å². The molecule has 1 aliphatic carbocycles. The van der Waals surface area contributed by atoms with Crippen LogP contribution in [0.2, 0.25) is 5.02 Å². The Hall–Kier alpha value is -3.55. The van der Waals surface area contributed by atoms with Crippen molar-refractivity contribution in [3.8, 4) is 0 Å². The van der Waals surface area contributed by atoms with Gasteiger partial charge < -0.3 is 34.1 Å². The number of aryl methyl sites for hydroxylation is 1. The number of amides is 2. The van der Waals surface area contributed by atoms with Crippen LogP contribution in [0.15, 0.2) is 42.6 Å². The average molecular weight is 727 g/mol. The molecule has 1 aromatic heterocycles. The Morgan fingerprint density at radius 1 is 0.961 bits per heavy atom. The van der Waals surface area contributed by atoms with E-state index in [1.165, 1.54) is 12.1 Å². The van der Waals surface area contributed by atoms with Gasteiger partial charge in [0.05, 0.1) is 60.6 Å². The normalized spacial score (nSPS) is 25.5. The molecule has 1 saturated carbocycles. The van der Waals surface area contributed by atoms with E-state index in [0.717, 1.165) is 23.7 Å². The lowest BCUT2D eigenvalue weighted by Crippen LogP contribution is -2.49. The Bertz CT molecular complexity index is 1710. The average Bonchev–Trinajstić information content (AvgIpc) is 3.82. The van der Waals surface area contributed by atoms with Gasteiger partial charge in [-0.2, -0.15) is 0 Å². The van der Waals surface area contributed by atoms with Crippen molar-refractivity contribution in [3.63, 3.8) is 0 Å². The lowest BCUT2D eigenvalue weighted by molar-refractivity contribution is -0.144. The number of carbonyl (C=O) groups excluding carboxylic acids is 2. The molecule has 0 spiro atoms. The lowest BCUT2D eigenvalue weighted by atomic mass is 9.87. The van der Waals surface area contributed by atoms with Gasteiger partial charge in [-0.05, 0) is 68.7 Å². The summed E-state index contributed by atoms with van der Waals surface area (Å²) in [4.78, 5) is 43.0. The number of carboxylic acids is 1. The van der Waals surface area contributed by atoms with Gasteiger partial charge in [-0.3, -0.25) is 19.3 Å². The highest BCUT2D eigenvalue weighted by molar-refractivity contribution is 6.34. The summed E-state index contributed by atoms with van der Waals surface area (Å²) in [6.07, 6.45) is 6.51. The second kappa shape index (κ2) is 16.4. The highest BCUT2D eigenvalue weighted by Crippen LogP contribution is 2.35. The second-order valence-electron chi connectivity index (χ2n) is 14.2. The number of nitrogens with one attached hydrogen (secondary N) is 1. The maximum absolute atomic E-state index is 15.7. The van der Waals surface area contributed by atoms with Crippen LogP contribution in [-0.4, -0.2) is 108 Å². The molecule has 6 rings (SSSR count). The monoisotopic (exact) mass is 726 g/mol. The van der Waals surface area contributed by atoms with E-state index in [1.807, 2.05) is 40.8 Å². The van der Waals surface area contributed by atoms with Crippen LogP contribution >= 0.6 is 11.6 Å². The zero-order valence-electron chi connectivity index (χ0n) is 29.5. The molecular weight excluding hydrogens is 679 g/mol. The van der Waals surface area contributed by atoms with E-state index in [4.69, 9.17) is 25.8 Å². The number of aromatic nitrogens is 1. The molecule has 0 unspecified atom stereocenters. The van der Waals surface area contributed by atoms with Crippen molar-refractivity contribution in [1.82, 2.24) is 14.4 Å². The zero-order chi connectivity index (χ0) is 36.2. The van der Waals surface area contributed by atoms with Crippen LogP contribution in [0.1, 0.15) is 60.9 Å². The number of likely N-dealkylation sites (tertiary alicyclic amines) is 2. The maximum Gasteiger partial charge on any atom is 0.306 e. The Labute approximate surface area is 302 Å². The summed E-state index contributed by atoms with van der Waals surface area (Å²) in [5, 5.41) is 13.0. The number of fused-ring (bicyclic) bond motifs is 1. The zero-order valence-corrected chi connectivity index (χ0v) is 30.2. The first kappa shape index (κ1) is 37.2. The standard InChI is InChI=1S/C38H48ClFN4O7/c1-42-19-31(30-6-4-5-7-35(30)42)37(46)41-34-17-33(40)24(14-32(34)39)15-36(45)43-18-27(44-25(20-49-2)10-11-26(44)21-50-3)16-28(43)22-51-29-12-8-23(9-13-29)38(47)48/h4-7,14,17,19,23,25-29H,8-13,15-16,18,20-22H2,1-3H3,(H,41,46)(H,47,48)/t23-,25-,26+,27-,28-,29-/m0/s1. The molecule has 4 atom stereocenters. The summed E-state index contributed by atoms with van der Waals surface area (Å²) in [5.41, 5.74) is 1.59. The first-order valence-electron chi connectivity index (χ1n) is 17.8. The lowest BCUT2D eigenvalue weighted by Gasteiger charge is -2.35. The van der Waals surface area contributed by atoms with Crippen LogP contribution in [0.3, 0.4) is 0 Å². The fraction of sp³-hybridized carbons (Fsp3) is 0.553. The van der Waals surface area contributed by atoms with E-state index in [1.54, 1.807) is 20.4 Å². The Morgan fingerprint density at radius 3 is 2.31 bits per heavy atom. The van der Waals surface area contributed by atoms with Crippen LogP contribution in [0.4, 0.5) is 10.1 Å². The minimum atomic E-state index is -0.766. The smallest absolute Gasteiger partial charge is 0.306 e. The number of halogens is 2. The first-order chi connectivity index (χ1) is 24.6. The van der Waals surface area contributed by atoms with Crippen molar-refractivity contribution >= 4 is 46.0 Å². The van der Waals surface area contributed by atoms with Gasteiger partial charge in [-0.15, -0.1) is 0 Å². The number of carboxylic acid groups (broad SMARTS) is 1. The fourth-order valence-corrected chi connectivity index (χ4v) is 8.63. The second-order valence-corrected chi connectivity index (χ2v) is 14.6. The molecule has 2 aliphatic heterocycles. The van der Waals surface area contributed by atoms with Gasteiger partial charge in [0.2, 0.25) is 5.91 Å². The fourth-order valence-electron chi connectivity index (χ4n) is 8.39. The van der Waals surface area contributed by atoms with E-state index >= 15 is 4.39 Å². The number of nitrogens with zero attached hydrogens (tertiary/aromatic N) is 3. The third-order valence-corrected chi connectivity index (χ3v) is 11.3. The van der Waals surface area contributed by atoms with E-state index in [2.05, 4.69) is 10.2 Å². The number of anilines is 1. The minimum Gasteiger partial charge on any atom is -0.481 e. The molecule has 51 heavy (non-hydrogen) atoms. The van der Waals surface area contributed by atoms with Gasteiger partial charge in [-0.25, -0.2) is 4.39 Å². The summed E-state index contributed by atoms with van der Waals surface area (Å²) in [6, 6.07) is 10.3. The molecule has 11 nitrogen and oxygen atoms in total. The van der Waals surface area contributed by atoms with Crippen molar-refractivity contribution < 1.29 is 38.1 Å². The Morgan fingerprint density at radius 2 is 1.65 bits per heavy atom. The van der Waals surface area contributed by atoms with Crippen LogP contribution in [0, 0.1) is 11.7 Å². The molecule has 2 aromatic carbocycles. The largest absolute Gasteiger partial charge is 0.481 e. The van der Waals surface area contributed by atoms with Crippen LogP contribution in [0.5, 0.6) is 0 Å². The Kier molecular flexibility index (Phi) is 12.0. The van der Waals surface area contributed by atoms with Crippen LogP contribution in [0.25, 0.3) is 10.9 Å². The number of para-hydroxylation sites is 1. The molecule has 3 heterocycles. The number of ether oxygens (including phenoxy) is 3. The van der Waals surface area contributed by atoms with E-state index < -0.39 is 17.7 Å². The molecule has 2 N–H and O–H groups in total. The van der Waals surface area contributed by atoms with Gasteiger partial charge in [-0.1, -0.05) is 29.8 Å². The van der Waals surface area contributed by atoms with Gasteiger partial charge >= 0.3 is 5.97 Å². The third kappa shape index (κ3) is 8.25. The summed E-state index contributed by atoms with van der Waals surface area (Å²) in [5.74, 6) is -2.41. The molecular formula is C38H48ClFN4O7. The summed E-state index contributed by atoms with van der Waals surface area (Å²) < 4.78 is 35.0. The summed E-state index contributed by atoms with van der Waals surface area (Å²) >= 11 is 6.60. The molecule has 3 fully saturated rings. The molecule has 2 amide bonds. The number of aliphatic carboxylic acids is 1. The first-order valence-corrected chi connectivity index (χ1v) is 18.2. The van der Waals surface area contributed by atoms with Crippen molar-refractivity contribution in [2.24, 2.45) is 13.0 Å². The summed E-state index contributed by atoms with van der Waals surface area (Å²) in [7, 11) is 5.24. The Balaban J connectivity index is 1.17. The van der Waals surface area contributed by atoms with Gasteiger partial charge in [0.15, 0.2) is 0 Å². The van der Waals surface area contributed by atoms with E-state index in [9.17, 15) is 19.5 Å². The molecule has 3 aromatic rings.